The molecule has 164 valence electrons. The van der Waals surface area contributed by atoms with Crippen LogP contribution in [0.1, 0.15) is 39.0 Å². The van der Waals surface area contributed by atoms with Gasteiger partial charge in [-0.25, -0.2) is 4.79 Å². The zero-order valence-electron chi connectivity index (χ0n) is 19.2. The van der Waals surface area contributed by atoms with E-state index in [4.69, 9.17) is 0 Å². The van der Waals surface area contributed by atoms with Crippen molar-refractivity contribution in [3.05, 3.63) is 53.9 Å². The van der Waals surface area contributed by atoms with Gasteiger partial charge in [0.1, 0.15) is 6.54 Å². The van der Waals surface area contributed by atoms with Crippen LogP contribution in [0.15, 0.2) is 42.6 Å². The number of hydrogen-bond acceptors (Lipinski definition) is 2. The van der Waals surface area contributed by atoms with E-state index in [0.29, 0.717) is 25.6 Å². The van der Waals surface area contributed by atoms with E-state index in [9.17, 15) is 9.59 Å². The fraction of sp³-hybridized carbons (Fsp3) is 0.500. The Morgan fingerprint density at radius 2 is 1.57 bits per heavy atom. The van der Waals surface area contributed by atoms with Crippen LogP contribution in [0.4, 0.5) is 10.5 Å². The summed E-state index contributed by atoms with van der Waals surface area (Å²) in [6.45, 7) is 12.1. The summed E-state index contributed by atoms with van der Waals surface area (Å²) in [5.74, 6) is 0.562. The molecule has 0 aliphatic heterocycles. The Kier molecular flexibility index (Phi) is 8.51. The number of amides is 3. The first kappa shape index (κ1) is 23.5. The molecule has 0 saturated carbocycles. The van der Waals surface area contributed by atoms with Gasteiger partial charge in [-0.15, -0.1) is 0 Å². The Morgan fingerprint density at radius 3 is 2.10 bits per heavy atom. The number of urea groups is 1. The predicted molar refractivity (Wildman–Crippen MR) is 122 cm³/mol. The monoisotopic (exact) mass is 412 g/mol. The van der Waals surface area contributed by atoms with Crippen molar-refractivity contribution < 1.29 is 9.59 Å². The number of nitrogens with one attached hydrogen (secondary N) is 1. The average molecular weight is 413 g/mol. The molecular formula is C24H36N4O2. The van der Waals surface area contributed by atoms with Gasteiger partial charge < -0.3 is 19.7 Å². The summed E-state index contributed by atoms with van der Waals surface area (Å²) < 4.78 is 2.02. The summed E-state index contributed by atoms with van der Waals surface area (Å²) in [5.41, 5.74) is 2.94. The standard InChI is InChI=1S/C24H36N4O2/c1-18(2)14-27(16-22-8-7-13-26(22)6)23(29)17-28(15-19(3)4)24(30)25-21-11-9-20(5)10-12-21/h7-13,18-19H,14-17H2,1-6H3,(H,25,30). The van der Waals surface area contributed by atoms with Crippen LogP contribution in [0.5, 0.6) is 0 Å². The van der Waals surface area contributed by atoms with Crippen LogP contribution in [0.3, 0.4) is 0 Å². The van der Waals surface area contributed by atoms with Gasteiger partial charge in [0.05, 0.1) is 6.54 Å². The number of anilines is 1. The van der Waals surface area contributed by atoms with Crippen LogP contribution in [0.2, 0.25) is 0 Å². The van der Waals surface area contributed by atoms with Gasteiger partial charge in [-0.05, 0) is 43.0 Å². The number of carbonyl (C=O) groups is 2. The molecule has 0 spiro atoms. The van der Waals surface area contributed by atoms with Gasteiger partial charge in [0.25, 0.3) is 0 Å². The lowest BCUT2D eigenvalue weighted by Crippen LogP contribution is -2.46. The summed E-state index contributed by atoms with van der Waals surface area (Å²) in [6.07, 6.45) is 1.98. The topological polar surface area (TPSA) is 57.6 Å². The van der Waals surface area contributed by atoms with Gasteiger partial charge in [-0.2, -0.15) is 0 Å². The highest BCUT2D eigenvalue weighted by Gasteiger charge is 2.23. The second-order valence-corrected chi connectivity index (χ2v) is 8.85. The highest BCUT2D eigenvalue weighted by molar-refractivity contribution is 5.92. The zero-order valence-corrected chi connectivity index (χ0v) is 19.2. The maximum absolute atomic E-state index is 13.2. The summed E-state index contributed by atoms with van der Waals surface area (Å²) in [5, 5.41) is 2.93. The fourth-order valence-electron chi connectivity index (χ4n) is 3.31. The minimum Gasteiger partial charge on any atom is -0.353 e. The minimum atomic E-state index is -0.246. The highest BCUT2D eigenvalue weighted by Crippen LogP contribution is 2.13. The highest BCUT2D eigenvalue weighted by atomic mass is 16.2. The van der Waals surface area contributed by atoms with Crippen molar-refractivity contribution >= 4 is 17.6 Å². The number of hydrogen-bond donors (Lipinski definition) is 1. The largest absolute Gasteiger partial charge is 0.353 e. The van der Waals surface area contributed by atoms with Gasteiger partial charge in [-0.3, -0.25) is 4.79 Å². The lowest BCUT2D eigenvalue weighted by Gasteiger charge is -2.30. The quantitative estimate of drug-likeness (QED) is 0.659. The van der Waals surface area contributed by atoms with Gasteiger partial charge in [0, 0.05) is 37.7 Å². The van der Waals surface area contributed by atoms with Gasteiger partial charge >= 0.3 is 6.03 Å². The van der Waals surface area contributed by atoms with Crippen LogP contribution < -0.4 is 5.32 Å². The van der Waals surface area contributed by atoms with Gasteiger partial charge in [0.2, 0.25) is 5.91 Å². The van der Waals surface area contributed by atoms with Crippen molar-refractivity contribution in [3.63, 3.8) is 0 Å². The van der Waals surface area contributed by atoms with E-state index >= 15 is 0 Å². The Bertz CT molecular complexity index is 824. The Labute approximate surface area is 180 Å². The first-order valence-electron chi connectivity index (χ1n) is 10.7. The molecule has 1 N–H and O–H groups in total. The summed E-state index contributed by atoms with van der Waals surface area (Å²) in [4.78, 5) is 29.6. The molecule has 0 atom stereocenters. The van der Waals surface area contributed by atoms with Crippen LogP contribution >= 0.6 is 0 Å². The van der Waals surface area contributed by atoms with Crippen LogP contribution in [0, 0.1) is 18.8 Å². The minimum absolute atomic E-state index is 0.0374. The molecule has 6 nitrogen and oxygen atoms in total. The van der Waals surface area contributed by atoms with Crippen LogP contribution in [-0.4, -0.2) is 45.9 Å². The number of carbonyl (C=O) groups excluding carboxylic acids is 2. The molecule has 1 aromatic carbocycles. The molecule has 1 heterocycles. The third-order valence-electron chi connectivity index (χ3n) is 4.84. The molecule has 0 radical (unpaired) electrons. The molecule has 0 aliphatic rings. The average Bonchev–Trinajstić information content (AvgIpc) is 3.06. The smallest absolute Gasteiger partial charge is 0.322 e. The second-order valence-electron chi connectivity index (χ2n) is 8.85. The molecule has 1 aromatic heterocycles. The van der Waals surface area contributed by atoms with E-state index in [1.165, 1.54) is 0 Å². The lowest BCUT2D eigenvalue weighted by molar-refractivity contribution is -0.133. The number of rotatable bonds is 9. The maximum atomic E-state index is 13.2. The molecule has 2 rings (SSSR count). The van der Waals surface area contributed by atoms with E-state index in [-0.39, 0.29) is 24.4 Å². The van der Waals surface area contributed by atoms with Crippen molar-refractivity contribution in [2.45, 2.75) is 41.2 Å². The molecule has 30 heavy (non-hydrogen) atoms. The maximum Gasteiger partial charge on any atom is 0.322 e. The predicted octanol–water partition coefficient (Wildman–Crippen LogP) is 4.51. The summed E-state index contributed by atoms with van der Waals surface area (Å²) in [7, 11) is 1.98. The van der Waals surface area contributed by atoms with E-state index in [1.54, 1.807) is 4.90 Å². The number of aryl methyl sites for hydroxylation is 2. The Morgan fingerprint density at radius 1 is 0.967 bits per heavy atom. The molecular weight excluding hydrogens is 376 g/mol. The third-order valence-corrected chi connectivity index (χ3v) is 4.84. The van der Waals surface area contributed by atoms with Crippen molar-refractivity contribution in [2.75, 3.05) is 25.0 Å². The summed E-state index contributed by atoms with van der Waals surface area (Å²) in [6, 6.07) is 11.4. The molecule has 0 saturated heterocycles. The van der Waals surface area contributed by atoms with E-state index < -0.39 is 0 Å². The first-order chi connectivity index (χ1) is 14.2. The molecule has 2 aromatic rings. The van der Waals surface area contributed by atoms with Crippen LogP contribution in [0.25, 0.3) is 0 Å². The third kappa shape index (κ3) is 7.25. The number of aromatic nitrogens is 1. The summed E-state index contributed by atoms with van der Waals surface area (Å²) >= 11 is 0. The van der Waals surface area contributed by atoms with Crippen molar-refractivity contribution in [3.8, 4) is 0 Å². The molecule has 0 aliphatic carbocycles. The number of nitrogens with zero attached hydrogens (tertiary/aromatic N) is 3. The van der Waals surface area contributed by atoms with E-state index in [1.807, 2.05) is 79.9 Å². The Balaban J connectivity index is 2.12. The molecule has 6 heteroatoms. The Hall–Kier alpha value is -2.76. The van der Waals surface area contributed by atoms with Crippen molar-refractivity contribution in [1.29, 1.82) is 0 Å². The lowest BCUT2D eigenvalue weighted by atomic mass is 10.2. The molecule has 3 amide bonds. The SMILES string of the molecule is Cc1ccc(NC(=O)N(CC(=O)N(Cc2cccn2C)CC(C)C)CC(C)C)cc1. The van der Waals surface area contributed by atoms with Crippen LogP contribution in [-0.2, 0) is 18.4 Å². The normalized spacial score (nSPS) is 11.1. The molecule has 0 unspecified atom stereocenters. The first-order valence-corrected chi connectivity index (χ1v) is 10.7. The van der Waals surface area contributed by atoms with Gasteiger partial charge in [0.15, 0.2) is 0 Å². The van der Waals surface area contributed by atoms with E-state index in [2.05, 4.69) is 19.2 Å². The van der Waals surface area contributed by atoms with Gasteiger partial charge in [-0.1, -0.05) is 45.4 Å². The fourth-order valence-corrected chi connectivity index (χ4v) is 3.31. The zero-order chi connectivity index (χ0) is 22.3. The molecule has 0 bridgehead atoms. The molecule has 0 fully saturated rings. The van der Waals surface area contributed by atoms with Crippen molar-refractivity contribution in [2.24, 2.45) is 18.9 Å². The second kappa shape index (κ2) is 10.9. The number of benzene rings is 1. The van der Waals surface area contributed by atoms with Crippen molar-refractivity contribution in [1.82, 2.24) is 14.4 Å². The van der Waals surface area contributed by atoms with E-state index in [0.717, 1.165) is 16.9 Å².